The van der Waals surface area contributed by atoms with Crippen LogP contribution in [0.3, 0.4) is 0 Å². The summed E-state index contributed by atoms with van der Waals surface area (Å²) in [6, 6.07) is 7.26. The Balaban J connectivity index is 1.78. The first-order valence-electron chi connectivity index (χ1n) is 6.33. The van der Waals surface area contributed by atoms with Crippen LogP contribution in [0.15, 0.2) is 29.6 Å². The van der Waals surface area contributed by atoms with Gasteiger partial charge in [-0.1, -0.05) is 11.6 Å². The highest BCUT2D eigenvalue weighted by atomic mass is 35.5. The number of carbonyl (C=O) groups excluding carboxylic acids is 1. The van der Waals surface area contributed by atoms with Gasteiger partial charge in [-0.15, -0.1) is 22.7 Å². The first kappa shape index (κ1) is 13.1. The second-order valence-corrected chi connectivity index (χ2v) is 7.00. The van der Waals surface area contributed by atoms with E-state index in [-0.39, 0.29) is 5.78 Å². The maximum absolute atomic E-state index is 12.7. The summed E-state index contributed by atoms with van der Waals surface area (Å²) in [5.41, 5.74) is 0.454. The highest BCUT2D eigenvalue weighted by Gasteiger charge is 2.21. The molecule has 0 atom stereocenters. The molecular weight excluding hydrogens is 328 g/mol. The molecule has 0 bridgehead atoms. The van der Waals surface area contributed by atoms with E-state index >= 15 is 0 Å². The van der Waals surface area contributed by atoms with Crippen LogP contribution in [0, 0.1) is 0 Å². The molecule has 0 spiro atoms. The van der Waals surface area contributed by atoms with Crippen LogP contribution in [0.2, 0.25) is 5.02 Å². The van der Waals surface area contributed by atoms with E-state index in [1.54, 1.807) is 23.5 Å². The minimum absolute atomic E-state index is 0.0784. The standard InChI is InChI=1S/C15H9ClO3S2/c16-9-6-11-10(18-2-3-19-11)5-8(9)15(17)14-7-13-12(21-14)1-4-20-13/h1,4-7H,2-3H2. The summed E-state index contributed by atoms with van der Waals surface area (Å²) in [7, 11) is 0. The van der Waals surface area contributed by atoms with Crippen molar-refractivity contribution in [1.29, 1.82) is 0 Å². The minimum atomic E-state index is -0.0784. The number of thiophene rings is 2. The van der Waals surface area contributed by atoms with E-state index in [4.69, 9.17) is 21.1 Å². The number of hydrogen-bond donors (Lipinski definition) is 0. The summed E-state index contributed by atoms with van der Waals surface area (Å²) in [5, 5.41) is 2.41. The molecule has 3 nitrogen and oxygen atoms in total. The van der Waals surface area contributed by atoms with Crippen LogP contribution in [0.4, 0.5) is 0 Å². The molecule has 21 heavy (non-hydrogen) atoms. The van der Waals surface area contributed by atoms with Crippen molar-refractivity contribution in [3.8, 4) is 11.5 Å². The van der Waals surface area contributed by atoms with Gasteiger partial charge in [-0.2, -0.15) is 0 Å². The summed E-state index contributed by atoms with van der Waals surface area (Å²) in [6.45, 7) is 0.981. The Labute approximate surface area is 133 Å². The maximum atomic E-state index is 12.7. The van der Waals surface area contributed by atoms with E-state index in [9.17, 15) is 4.79 Å². The van der Waals surface area contributed by atoms with Crippen molar-refractivity contribution in [3.63, 3.8) is 0 Å². The lowest BCUT2D eigenvalue weighted by atomic mass is 10.1. The first-order valence-corrected chi connectivity index (χ1v) is 8.40. The molecule has 1 aromatic carbocycles. The summed E-state index contributed by atoms with van der Waals surface area (Å²) in [6.07, 6.45) is 0. The molecule has 106 valence electrons. The van der Waals surface area contributed by atoms with Gasteiger partial charge in [0.05, 0.1) is 9.90 Å². The zero-order chi connectivity index (χ0) is 14.4. The molecule has 0 saturated carbocycles. The molecule has 0 aliphatic carbocycles. The number of hydrogen-bond acceptors (Lipinski definition) is 5. The summed E-state index contributed by atoms with van der Waals surface area (Å²) < 4.78 is 13.2. The molecule has 6 heteroatoms. The Hall–Kier alpha value is -1.56. The normalized spacial score (nSPS) is 13.6. The van der Waals surface area contributed by atoms with E-state index in [0.29, 0.717) is 40.2 Å². The Morgan fingerprint density at radius 1 is 1.10 bits per heavy atom. The third-order valence-corrected chi connectivity index (χ3v) is 5.64. The molecule has 0 amide bonds. The van der Waals surface area contributed by atoms with Gasteiger partial charge in [0.2, 0.25) is 5.78 Å². The highest BCUT2D eigenvalue weighted by Crippen LogP contribution is 2.38. The fourth-order valence-corrected chi connectivity index (χ4v) is 4.55. The van der Waals surface area contributed by atoms with Gasteiger partial charge in [0.15, 0.2) is 11.5 Å². The Kier molecular flexibility index (Phi) is 3.14. The third kappa shape index (κ3) is 2.21. The van der Waals surface area contributed by atoms with E-state index in [0.717, 1.165) is 9.40 Å². The largest absolute Gasteiger partial charge is 0.486 e. The van der Waals surface area contributed by atoms with Crippen molar-refractivity contribution in [1.82, 2.24) is 0 Å². The number of carbonyl (C=O) groups is 1. The molecule has 0 unspecified atom stereocenters. The van der Waals surface area contributed by atoms with Crippen molar-refractivity contribution in [2.45, 2.75) is 0 Å². The number of fused-ring (bicyclic) bond motifs is 2. The van der Waals surface area contributed by atoms with Crippen molar-refractivity contribution in [3.05, 3.63) is 45.1 Å². The fourth-order valence-electron chi connectivity index (χ4n) is 2.25. The summed E-state index contributed by atoms with van der Waals surface area (Å²) in [5.74, 6) is 1.09. The second-order valence-electron chi connectivity index (χ2n) is 4.56. The van der Waals surface area contributed by atoms with Crippen LogP contribution in [0.1, 0.15) is 15.2 Å². The monoisotopic (exact) mass is 336 g/mol. The zero-order valence-corrected chi connectivity index (χ0v) is 13.1. The molecule has 0 radical (unpaired) electrons. The predicted molar refractivity (Wildman–Crippen MR) is 85.6 cm³/mol. The van der Waals surface area contributed by atoms with Gasteiger partial charge in [0.25, 0.3) is 0 Å². The molecule has 3 aromatic rings. The molecule has 1 aliphatic heterocycles. The van der Waals surface area contributed by atoms with Crippen LogP contribution in [0.25, 0.3) is 9.40 Å². The SMILES string of the molecule is O=C(c1cc2sccc2s1)c1cc2c(cc1Cl)OCCO2. The smallest absolute Gasteiger partial charge is 0.204 e. The number of halogens is 1. The van der Waals surface area contributed by atoms with Crippen molar-refractivity contribution >= 4 is 49.5 Å². The molecule has 0 saturated heterocycles. The van der Waals surface area contributed by atoms with E-state index in [1.807, 2.05) is 17.5 Å². The van der Waals surface area contributed by atoms with Crippen LogP contribution >= 0.6 is 34.3 Å². The molecular formula is C15H9ClO3S2. The van der Waals surface area contributed by atoms with E-state index in [1.165, 1.54) is 11.3 Å². The molecule has 0 N–H and O–H groups in total. The number of ether oxygens (including phenoxy) is 2. The summed E-state index contributed by atoms with van der Waals surface area (Å²) >= 11 is 9.34. The van der Waals surface area contributed by atoms with Crippen molar-refractivity contribution < 1.29 is 14.3 Å². The quantitative estimate of drug-likeness (QED) is 0.641. The van der Waals surface area contributed by atoms with Gasteiger partial charge in [-0.05, 0) is 23.6 Å². The van der Waals surface area contributed by atoms with Gasteiger partial charge >= 0.3 is 0 Å². The van der Waals surface area contributed by atoms with Crippen LogP contribution in [-0.4, -0.2) is 19.0 Å². The average molecular weight is 337 g/mol. The maximum Gasteiger partial charge on any atom is 0.204 e. The van der Waals surface area contributed by atoms with Gasteiger partial charge in [0.1, 0.15) is 13.2 Å². The Morgan fingerprint density at radius 3 is 2.62 bits per heavy atom. The molecule has 3 heterocycles. The van der Waals surface area contributed by atoms with Crippen molar-refractivity contribution in [2.75, 3.05) is 13.2 Å². The summed E-state index contributed by atoms with van der Waals surface area (Å²) in [4.78, 5) is 13.3. The Bertz CT molecular complexity index is 821. The lowest BCUT2D eigenvalue weighted by Crippen LogP contribution is -2.16. The average Bonchev–Trinajstić information content (AvgIpc) is 3.07. The van der Waals surface area contributed by atoms with Gasteiger partial charge < -0.3 is 9.47 Å². The lowest BCUT2D eigenvalue weighted by molar-refractivity contribution is 0.104. The van der Waals surface area contributed by atoms with Crippen molar-refractivity contribution in [2.24, 2.45) is 0 Å². The minimum Gasteiger partial charge on any atom is -0.486 e. The van der Waals surface area contributed by atoms with Gasteiger partial charge in [0, 0.05) is 21.0 Å². The molecule has 2 aromatic heterocycles. The van der Waals surface area contributed by atoms with Crippen LogP contribution in [0.5, 0.6) is 11.5 Å². The molecule has 4 rings (SSSR count). The van der Waals surface area contributed by atoms with Crippen LogP contribution in [-0.2, 0) is 0 Å². The lowest BCUT2D eigenvalue weighted by Gasteiger charge is -2.19. The second kappa shape index (κ2) is 5.02. The highest BCUT2D eigenvalue weighted by molar-refractivity contribution is 7.28. The fraction of sp³-hybridized carbons (Fsp3) is 0.133. The predicted octanol–water partition coefficient (Wildman–Crippen LogP) is 4.62. The van der Waals surface area contributed by atoms with E-state index in [2.05, 4.69) is 0 Å². The molecule has 0 fully saturated rings. The Morgan fingerprint density at radius 2 is 1.86 bits per heavy atom. The number of ketones is 1. The van der Waals surface area contributed by atoms with Gasteiger partial charge in [-0.3, -0.25) is 4.79 Å². The van der Waals surface area contributed by atoms with Crippen LogP contribution < -0.4 is 9.47 Å². The topological polar surface area (TPSA) is 35.5 Å². The molecule has 1 aliphatic rings. The number of rotatable bonds is 2. The zero-order valence-electron chi connectivity index (χ0n) is 10.7. The third-order valence-electron chi connectivity index (χ3n) is 3.24. The first-order chi connectivity index (χ1) is 10.2. The number of benzene rings is 1. The van der Waals surface area contributed by atoms with Gasteiger partial charge in [-0.25, -0.2) is 0 Å². The van der Waals surface area contributed by atoms with E-state index < -0.39 is 0 Å².